The Labute approximate surface area is 199 Å². The number of benzene rings is 1. The molecular formula is C20H17F5N10O. The first-order valence-electron chi connectivity index (χ1n) is 10.6. The summed E-state index contributed by atoms with van der Waals surface area (Å²) < 4.78 is 74.2. The molecule has 2 atom stereocenters. The molecule has 4 heterocycles. The molecule has 2 unspecified atom stereocenters. The van der Waals surface area contributed by atoms with Crippen LogP contribution in [0.5, 0.6) is 5.75 Å². The number of aromatic nitrogens is 9. The summed E-state index contributed by atoms with van der Waals surface area (Å²) in [6, 6.07) is 3.52. The maximum Gasteiger partial charge on any atom is 0.419 e. The molecule has 0 radical (unpaired) electrons. The van der Waals surface area contributed by atoms with E-state index in [4.69, 9.17) is 4.74 Å². The third kappa shape index (κ3) is 4.92. The summed E-state index contributed by atoms with van der Waals surface area (Å²) in [6.45, 7) is 0.0568. The lowest BCUT2D eigenvalue weighted by molar-refractivity contribution is -0.138. The van der Waals surface area contributed by atoms with Crippen LogP contribution < -0.4 is 9.64 Å². The predicted octanol–water partition coefficient (Wildman–Crippen LogP) is 2.57. The highest BCUT2D eigenvalue weighted by Crippen LogP contribution is 2.30. The van der Waals surface area contributed by atoms with Crippen molar-refractivity contribution in [2.75, 3.05) is 18.0 Å². The van der Waals surface area contributed by atoms with E-state index in [0.717, 1.165) is 0 Å². The van der Waals surface area contributed by atoms with Gasteiger partial charge in [0.1, 0.15) is 30.8 Å². The number of piperidine rings is 1. The van der Waals surface area contributed by atoms with E-state index in [9.17, 15) is 22.0 Å². The monoisotopic (exact) mass is 508 g/mol. The fourth-order valence-corrected chi connectivity index (χ4v) is 3.68. The second-order valence-corrected chi connectivity index (χ2v) is 7.90. The van der Waals surface area contributed by atoms with Crippen molar-refractivity contribution < 1.29 is 26.7 Å². The number of hydrogen-bond acceptors (Lipinski definition) is 9. The highest BCUT2D eigenvalue weighted by molar-refractivity contribution is 5.37. The number of rotatable bonds is 6. The van der Waals surface area contributed by atoms with Crippen molar-refractivity contribution in [3.05, 3.63) is 60.2 Å². The van der Waals surface area contributed by atoms with Crippen LogP contribution in [0.4, 0.5) is 27.9 Å². The van der Waals surface area contributed by atoms with Crippen molar-refractivity contribution in [2.45, 2.75) is 31.4 Å². The number of ether oxygens (including phenoxy) is 1. The fraction of sp³-hybridized carbons (Fsp3) is 0.350. The highest BCUT2D eigenvalue weighted by atomic mass is 19.4. The second-order valence-electron chi connectivity index (χ2n) is 7.90. The van der Waals surface area contributed by atoms with E-state index in [-0.39, 0.29) is 31.3 Å². The van der Waals surface area contributed by atoms with Gasteiger partial charge in [0.05, 0.1) is 24.0 Å². The molecule has 4 aromatic rings. The molecule has 0 amide bonds. The van der Waals surface area contributed by atoms with Gasteiger partial charge in [-0.2, -0.15) is 28.2 Å². The molecule has 36 heavy (non-hydrogen) atoms. The van der Waals surface area contributed by atoms with Crippen LogP contribution in [0.25, 0.3) is 5.69 Å². The highest BCUT2D eigenvalue weighted by Gasteiger charge is 2.35. The van der Waals surface area contributed by atoms with E-state index in [1.807, 2.05) is 0 Å². The van der Waals surface area contributed by atoms with E-state index in [2.05, 4.69) is 35.7 Å². The van der Waals surface area contributed by atoms with Crippen molar-refractivity contribution >= 4 is 5.95 Å². The standard InChI is InChI=1S/C20H17F5N10O/c21-15-5-14(34-11-28-31-32-34)1-2-18(15)36-10-13-8-29-35(30-13)17-3-4-33(9-16(17)22)19-26-6-12(7-27-19)20(23,24)25/h1-2,5-8,11,16-17H,3-4,9-10H2. The normalized spacial score (nSPS) is 18.4. The second kappa shape index (κ2) is 9.43. The summed E-state index contributed by atoms with van der Waals surface area (Å²) in [5.41, 5.74) is -0.200. The van der Waals surface area contributed by atoms with E-state index in [1.165, 1.54) is 39.0 Å². The number of alkyl halides is 4. The third-order valence-corrected chi connectivity index (χ3v) is 5.51. The molecule has 0 saturated carbocycles. The maximum absolute atomic E-state index is 14.9. The Morgan fingerprint density at radius 3 is 2.58 bits per heavy atom. The first-order chi connectivity index (χ1) is 17.3. The zero-order valence-electron chi connectivity index (χ0n) is 18.3. The predicted molar refractivity (Wildman–Crippen MR) is 111 cm³/mol. The number of hydrogen-bond donors (Lipinski definition) is 0. The smallest absolute Gasteiger partial charge is 0.419 e. The van der Waals surface area contributed by atoms with Crippen LogP contribution in [0, 0.1) is 5.82 Å². The lowest BCUT2D eigenvalue weighted by Crippen LogP contribution is -2.44. The Kier molecular flexibility index (Phi) is 6.15. The van der Waals surface area contributed by atoms with Crippen LogP contribution in [0.2, 0.25) is 0 Å². The molecule has 5 rings (SSSR count). The van der Waals surface area contributed by atoms with E-state index >= 15 is 0 Å². The topological polar surface area (TPSA) is 113 Å². The molecule has 3 aromatic heterocycles. The van der Waals surface area contributed by atoms with Gasteiger partial charge in [-0.1, -0.05) is 0 Å². The first kappa shape index (κ1) is 23.5. The van der Waals surface area contributed by atoms with Crippen LogP contribution in [0.3, 0.4) is 0 Å². The van der Waals surface area contributed by atoms with Crippen LogP contribution in [0.15, 0.2) is 43.1 Å². The molecule has 1 aliphatic heterocycles. The molecule has 1 aromatic carbocycles. The van der Waals surface area contributed by atoms with Gasteiger partial charge in [-0.15, -0.1) is 5.10 Å². The Morgan fingerprint density at radius 2 is 1.92 bits per heavy atom. The van der Waals surface area contributed by atoms with Crippen molar-refractivity contribution in [1.82, 2.24) is 45.2 Å². The lowest BCUT2D eigenvalue weighted by atomic mass is 10.0. The van der Waals surface area contributed by atoms with Gasteiger partial charge >= 0.3 is 6.18 Å². The minimum Gasteiger partial charge on any atom is -0.484 e. The molecule has 1 aliphatic rings. The van der Waals surface area contributed by atoms with E-state index in [1.54, 1.807) is 6.07 Å². The molecule has 16 heteroatoms. The molecule has 11 nitrogen and oxygen atoms in total. The fourth-order valence-electron chi connectivity index (χ4n) is 3.68. The third-order valence-electron chi connectivity index (χ3n) is 5.51. The molecule has 0 aliphatic carbocycles. The Hall–Kier alpha value is -4.24. The van der Waals surface area contributed by atoms with Crippen LogP contribution in [-0.2, 0) is 12.8 Å². The first-order valence-corrected chi connectivity index (χ1v) is 10.6. The molecule has 1 saturated heterocycles. The quantitative estimate of drug-likeness (QED) is 0.363. The summed E-state index contributed by atoms with van der Waals surface area (Å²) in [4.78, 5) is 10.1. The molecule has 0 spiro atoms. The van der Waals surface area contributed by atoms with Crippen LogP contribution >= 0.6 is 0 Å². The number of anilines is 1. The summed E-state index contributed by atoms with van der Waals surface area (Å²) >= 11 is 0. The number of nitrogens with zero attached hydrogens (tertiary/aromatic N) is 10. The number of halogens is 5. The van der Waals surface area contributed by atoms with Gasteiger partial charge < -0.3 is 9.64 Å². The molecular weight excluding hydrogens is 491 g/mol. The summed E-state index contributed by atoms with van der Waals surface area (Å²) in [7, 11) is 0. The SMILES string of the molecule is Fc1cc(-n2cnnn2)ccc1OCc1cnn(C2CCN(c3ncc(C(F)(F)F)cn3)CC2F)n1. The van der Waals surface area contributed by atoms with Gasteiger partial charge in [-0.3, -0.25) is 0 Å². The van der Waals surface area contributed by atoms with E-state index < -0.39 is 29.8 Å². The molecule has 188 valence electrons. The van der Waals surface area contributed by atoms with E-state index in [0.29, 0.717) is 30.3 Å². The molecule has 0 N–H and O–H groups in total. The van der Waals surface area contributed by atoms with Crippen LogP contribution in [-0.4, -0.2) is 64.4 Å². The summed E-state index contributed by atoms with van der Waals surface area (Å²) in [5.74, 6) is -0.633. The summed E-state index contributed by atoms with van der Waals surface area (Å²) in [6.07, 6.45) is -1.64. The average Bonchev–Trinajstić information content (AvgIpc) is 3.55. The Morgan fingerprint density at radius 1 is 1.11 bits per heavy atom. The van der Waals surface area contributed by atoms with Crippen molar-refractivity contribution in [1.29, 1.82) is 0 Å². The van der Waals surface area contributed by atoms with Gasteiger partial charge in [0.25, 0.3) is 0 Å². The largest absolute Gasteiger partial charge is 0.484 e. The zero-order chi connectivity index (χ0) is 25.3. The summed E-state index contributed by atoms with van der Waals surface area (Å²) in [5, 5.41) is 19.0. The van der Waals surface area contributed by atoms with Gasteiger partial charge in [0.15, 0.2) is 11.6 Å². The molecule has 0 bridgehead atoms. The average molecular weight is 508 g/mol. The Bertz CT molecular complexity index is 1310. The van der Waals surface area contributed by atoms with Gasteiger partial charge in [-0.05, 0) is 29.0 Å². The van der Waals surface area contributed by atoms with Crippen molar-refractivity contribution in [2.24, 2.45) is 0 Å². The van der Waals surface area contributed by atoms with Gasteiger partial charge in [-0.25, -0.2) is 23.4 Å². The van der Waals surface area contributed by atoms with Crippen LogP contribution in [0.1, 0.15) is 23.7 Å². The van der Waals surface area contributed by atoms with Gasteiger partial charge in [0, 0.05) is 25.0 Å². The minimum absolute atomic E-state index is 0.0136. The zero-order valence-corrected chi connectivity index (χ0v) is 18.3. The van der Waals surface area contributed by atoms with Crippen molar-refractivity contribution in [3.8, 4) is 11.4 Å². The molecule has 1 fully saturated rings. The maximum atomic E-state index is 14.9. The van der Waals surface area contributed by atoms with Gasteiger partial charge in [0.2, 0.25) is 5.95 Å². The lowest BCUT2D eigenvalue weighted by Gasteiger charge is -2.34. The number of tetrazole rings is 1. The van der Waals surface area contributed by atoms with Crippen molar-refractivity contribution in [3.63, 3.8) is 0 Å². The minimum atomic E-state index is -4.55. The Balaban J connectivity index is 1.18.